The van der Waals surface area contributed by atoms with Crippen LogP contribution >= 0.6 is 0 Å². The number of benzene rings is 1. The molecule has 0 saturated heterocycles. The van der Waals surface area contributed by atoms with Gasteiger partial charge in [0.1, 0.15) is 0 Å². The Balaban J connectivity index is 2.52. The summed E-state index contributed by atoms with van der Waals surface area (Å²) >= 11 is 0. The Bertz CT molecular complexity index is 284. The van der Waals surface area contributed by atoms with E-state index >= 15 is 0 Å². The number of rotatable bonds is 5. The zero-order chi connectivity index (χ0) is 10.2. The van der Waals surface area contributed by atoms with E-state index in [1.807, 2.05) is 6.07 Å². The minimum absolute atomic E-state index is 0.410. The van der Waals surface area contributed by atoms with Gasteiger partial charge in [0.05, 0.1) is 0 Å². The van der Waals surface area contributed by atoms with Crippen LogP contribution in [0.3, 0.4) is 0 Å². The number of terminal acetylenes is 1. The van der Waals surface area contributed by atoms with Crippen LogP contribution in [0.4, 0.5) is 0 Å². The first-order chi connectivity index (χ1) is 6.86. The van der Waals surface area contributed by atoms with Gasteiger partial charge in [-0.3, -0.25) is 0 Å². The third kappa shape index (κ3) is 3.64. The highest BCUT2D eigenvalue weighted by molar-refractivity contribution is 5.16. The van der Waals surface area contributed by atoms with Crippen LogP contribution in [0.1, 0.15) is 18.9 Å². The van der Waals surface area contributed by atoms with Crippen molar-refractivity contribution in [1.82, 2.24) is 5.32 Å². The molecule has 1 atom stereocenters. The molecule has 0 aliphatic heterocycles. The Kier molecular flexibility index (Phi) is 4.82. The van der Waals surface area contributed by atoms with Crippen molar-refractivity contribution in [3.8, 4) is 12.3 Å². The molecule has 1 rings (SSSR count). The minimum atomic E-state index is 0.410. The summed E-state index contributed by atoms with van der Waals surface area (Å²) in [5.74, 6) is 2.71. The van der Waals surface area contributed by atoms with Gasteiger partial charge < -0.3 is 5.32 Å². The Morgan fingerprint density at radius 2 is 2.07 bits per heavy atom. The topological polar surface area (TPSA) is 12.0 Å². The lowest BCUT2D eigenvalue weighted by molar-refractivity contribution is 0.535. The molecule has 0 bridgehead atoms. The summed E-state index contributed by atoms with van der Waals surface area (Å²) < 4.78 is 0. The third-order valence-electron chi connectivity index (χ3n) is 2.18. The second-order valence-electron chi connectivity index (χ2n) is 3.35. The number of nitrogens with one attached hydrogen (secondary N) is 1. The molecule has 0 aliphatic carbocycles. The molecular weight excluding hydrogens is 170 g/mol. The second-order valence-corrected chi connectivity index (χ2v) is 3.35. The summed E-state index contributed by atoms with van der Waals surface area (Å²) in [5, 5.41) is 3.39. The highest BCUT2D eigenvalue weighted by Gasteiger charge is 2.05. The van der Waals surface area contributed by atoms with Crippen LogP contribution in [0, 0.1) is 12.3 Å². The first kappa shape index (κ1) is 10.8. The molecule has 0 aromatic heterocycles. The van der Waals surface area contributed by atoms with Crippen LogP contribution in [0.2, 0.25) is 0 Å². The molecule has 0 amide bonds. The smallest absolute Gasteiger partial charge is 0.0243 e. The second kappa shape index (κ2) is 6.23. The average molecular weight is 187 g/mol. The molecule has 1 nitrogen and oxygen atoms in total. The van der Waals surface area contributed by atoms with Gasteiger partial charge in [0.2, 0.25) is 0 Å². The van der Waals surface area contributed by atoms with E-state index in [1.165, 1.54) is 5.56 Å². The highest BCUT2D eigenvalue weighted by Crippen LogP contribution is 2.05. The van der Waals surface area contributed by atoms with Gasteiger partial charge in [0, 0.05) is 12.5 Å². The fourth-order valence-corrected chi connectivity index (χ4v) is 1.55. The van der Waals surface area contributed by atoms with E-state index in [-0.39, 0.29) is 0 Å². The van der Waals surface area contributed by atoms with E-state index in [4.69, 9.17) is 6.42 Å². The van der Waals surface area contributed by atoms with Crippen molar-refractivity contribution in [2.75, 3.05) is 6.54 Å². The first-order valence-electron chi connectivity index (χ1n) is 5.07. The maximum atomic E-state index is 5.32. The van der Waals surface area contributed by atoms with E-state index < -0.39 is 0 Å². The fourth-order valence-electron chi connectivity index (χ4n) is 1.55. The zero-order valence-electron chi connectivity index (χ0n) is 8.66. The molecule has 0 fully saturated rings. The Labute approximate surface area is 86.5 Å². The average Bonchev–Trinajstić information content (AvgIpc) is 2.20. The SMILES string of the molecule is C#CCC(Cc1ccccc1)NCC. The summed E-state index contributed by atoms with van der Waals surface area (Å²) in [6.45, 7) is 3.08. The van der Waals surface area contributed by atoms with Crippen LogP contribution < -0.4 is 5.32 Å². The van der Waals surface area contributed by atoms with Gasteiger partial charge in [-0.05, 0) is 18.5 Å². The van der Waals surface area contributed by atoms with E-state index in [0.717, 1.165) is 19.4 Å². The Morgan fingerprint density at radius 3 is 2.64 bits per heavy atom. The van der Waals surface area contributed by atoms with Crippen LogP contribution in [-0.2, 0) is 6.42 Å². The summed E-state index contributed by atoms with van der Waals surface area (Å²) in [5.41, 5.74) is 1.34. The van der Waals surface area contributed by atoms with E-state index in [2.05, 4.69) is 42.4 Å². The van der Waals surface area contributed by atoms with Gasteiger partial charge in [0.15, 0.2) is 0 Å². The fraction of sp³-hybridized carbons (Fsp3) is 0.385. The first-order valence-corrected chi connectivity index (χ1v) is 5.07. The van der Waals surface area contributed by atoms with Crippen molar-refractivity contribution in [2.24, 2.45) is 0 Å². The number of hydrogen-bond donors (Lipinski definition) is 1. The van der Waals surface area contributed by atoms with Crippen LogP contribution in [0.15, 0.2) is 30.3 Å². The van der Waals surface area contributed by atoms with Crippen molar-refractivity contribution >= 4 is 0 Å². The normalized spacial score (nSPS) is 12.0. The van der Waals surface area contributed by atoms with Crippen molar-refractivity contribution in [3.63, 3.8) is 0 Å². The number of hydrogen-bond acceptors (Lipinski definition) is 1. The Morgan fingerprint density at radius 1 is 1.36 bits per heavy atom. The predicted molar refractivity (Wildman–Crippen MR) is 61.1 cm³/mol. The molecule has 0 heterocycles. The molecule has 0 aliphatic rings. The molecule has 0 spiro atoms. The van der Waals surface area contributed by atoms with Crippen molar-refractivity contribution in [3.05, 3.63) is 35.9 Å². The summed E-state index contributed by atoms with van der Waals surface area (Å²) in [6, 6.07) is 10.9. The van der Waals surface area contributed by atoms with Crippen LogP contribution in [0.25, 0.3) is 0 Å². The van der Waals surface area contributed by atoms with Crippen molar-refractivity contribution in [2.45, 2.75) is 25.8 Å². The molecule has 1 N–H and O–H groups in total. The van der Waals surface area contributed by atoms with Gasteiger partial charge in [-0.2, -0.15) is 0 Å². The van der Waals surface area contributed by atoms with Gasteiger partial charge in [-0.1, -0.05) is 37.3 Å². The maximum Gasteiger partial charge on any atom is 0.0243 e. The lowest BCUT2D eigenvalue weighted by Crippen LogP contribution is -2.30. The molecule has 1 unspecified atom stereocenters. The van der Waals surface area contributed by atoms with E-state index in [0.29, 0.717) is 6.04 Å². The summed E-state index contributed by atoms with van der Waals surface area (Å²) in [7, 11) is 0. The molecule has 14 heavy (non-hydrogen) atoms. The zero-order valence-corrected chi connectivity index (χ0v) is 8.66. The molecule has 0 saturated carbocycles. The molecule has 1 heteroatoms. The van der Waals surface area contributed by atoms with Gasteiger partial charge in [-0.15, -0.1) is 12.3 Å². The highest BCUT2D eigenvalue weighted by atomic mass is 14.9. The third-order valence-corrected chi connectivity index (χ3v) is 2.18. The largest absolute Gasteiger partial charge is 0.313 e. The standard InChI is InChI=1S/C13H17N/c1-3-8-13(14-4-2)11-12-9-6-5-7-10-12/h1,5-7,9-10,13-14H,4,8,11H2,2H3. The van der Waals surface area contributed by atoms with Crippen LogP contribution in [-0.4, -0.2) is 12.6 Å². The molecular formula is C13H17N. The Hall–Kier alpha value is -1.26. The molecule has 74 valence electrons. The van der Waals surface area contributed by atoms with Crippen molar-refractivity contribution < 1.29 is 0 Å². The quantitative estimate of drug-likeness (QED) is 0.697. The molecule has 0 radical (unpaired) electrons. The molecule has 1 aromatic carbocycles. The van der Waals surface area contributed by atoms with Gasteiger partial charge in [-0.25, -0.2) is 0 Å². The maximum absolute atomic E-state index is 5.32. The van der Waals surface area contributed by atoms with Crippen LogP contribution in [0.5, 0.6) is 0 Å². The minimum Gasteiger partial charge on any atom is -0.313 e. The van der Waals surface area contributed by atoms with E-state index in [9.17, 15) is 0 Å². The van der Waals surface area contributed by atoms with Gasteiger partial charge in [0.25, 0.3) is 0 Å². The number of likely N-dealkylation sites (N-methyl/N-ethyl adjacent to an activating group) is 1. The van der Waals surface area contributed by atoms with E-state index in [1.54, 1.807) is 0 Å². The predicted octanol–water partition coefficient (Wildman–Crippen LogP) is 2.23. The lowest BCUT2D eigenvalue weighted by Gasteiger charge is -2.14. The van der Waals surface area contributed by atoms with Crippen molar-refractivity contribution in [1.29, 1.82) is 0 Å². The summed E-state index contributed by atoms with van der Waals surface area (Å²) in [6.07, 6.45) is 7.13. The monoisotopic (exact) mass is 187 g/mol. The van der Waals surface area contributed by atoms with Gasteiger partial charge >= 0.3 is 0 Å². The molecule has 1 aromatic rings. The summed E-state index contributed by atoms with van der Waals surface area (Å²) in [4.78, 5) is 0. The lowest BCUT2D eigenvalue weighted by atomic mass is 10.0.